The molecule has 7 nitrogen and oxygen atoms in total. The molecule has 0 fully saturated rings. The Balaban J connectivity index is 2.26. The fourth-order valence-electron chi connectivity index (χ4n) is 3.20. The number of nitro benzene ring substituents is 1. The molecule has 7 heteroatoms. The van der Waals surface area contributed by atoms with Gasteiger partial charge in [-0.05, 0) is 30.3 Å². The van der Waals surface area contributed by atoms with Gasteiger partial charge in [0.15, 0.2) is 11.5 Å². The largest absolute Gasteiger partial charge is 0.493 e. The summed E-state index contributed by atoms with van der Waals surface area (Å²) in [6, 6.07) is 10.4. The molecular formula is C21H23NO6. The van der Waals surface area contributed by atoms with Crippen LogP contribution in [0, 0.1) is 10.1 Å². The van der Waals surface area contributed by atoms with Crippen LogP contribution in [0.3, 0.4) is 0 Å². The van der Waals surface area contributed by atoms with Crippen molar-refractivity contribution in [2.75, 3.05) is 14.2 Å². The molecule has 28 heavy (non-hydrogen) atoms. The summed E-state index contributed by atoms with van der Waals surface area (Å²) in [5.41, 5.74) is 0.322. The highest BCUT2D eigenvalue weighted by atomic mass is 16.6. The van der Waals surface area contributed by atoms with Gasteiger partial charge >= 0.3 is 0 Å². The van der Waals surface area contributed by atoms with Gasteiger partial charge in [0.2, 0.25) is 0 Å². The van der Waals surface area contributed by atoms with Crippen LogP contribution < -0.4 is 9.47 Å². The average molecular weight is 385 g/mol. The Hall–Kier alpha value is -3.22. The van der Waals surface area contributed by atoms with E-state index in [9.17, 15) is 10.1 Å². The SMILES string of the molecule is CCc1ccc(C(c2ccc(CC)o2)c2cc(OC)c(OC)cc2[N+](=O)[O-])o1. The van der Waals surface area contributed by atoms with Crippen LogP contribution >= 0.6 is 0 Å². The molecule has 0 N–H and O–H groups in total. The van der Waals surface area contributed by atoms with Gasteiger partial charge in [-0.25, -0.2) is 0 Å². The summed E-state index contributed by atoms with van der Waals surface area (Å²) in [7, 11) is 2.94. The number of ether oxygens (including phenoxy) is 2. The fraction of sp³-hybridized carbons (Fsp3) is 0.333. The van der Waals surface area contributed by atoms with Crippen molar-refractivity contribution < 1.29 is 23.2 Å². The Morgan fingerprint density at radius 3 is 1.82 bits per heavy atom. The van der Waals surface area contributed by atoms with E-state index in [1.165, 1.54) is 20.3 Å². The molecule has 0 radical (unpaired) electrons. The monoisotopic (exact) mass is 385 g/mol. The molecule has 0 unspecified atom stereocenters. The lowest BCUT2D eigenvalue weighted by molar-refractivity contribution is -0.385. The predicted octanol–water partition coefficient (Wildman–Crippen LogP) is 5.10. The Bertz CT molecular complexity index is 929. The molecule has 0 spiro atoms. The molecule has 0 saturated carbocycles. The molecule has 2 heterocycles. The van der Waals surface area contributed by atoms with Crippen LogP contribution in [-0.4, -0.2) is 19.1 Å². The van der Waals surface area contributed by atoms with Crippen LogP contribution in [-0.2, 0) is 12.8 Å². The van der Waals surface area contributed by atoms with E-state index in [2.05, 4.69) is 0 Å². The topological polar surface area (TPSA) is 87.9 Å². The lowest BCUT2D eigenvalue weighted by Gasteiger charge is -2.16. The van der Waals surface area contributed by atoms with Crippen LogP contribution in [0.4, 0.5) is 5.69 Å². The van der Waals surface area contributed by atoms with Gasteiger partial charge in [-0.1, -0.05) is 13.8 Å². The van der Waals surface area contributed by atoms with Crippen LogP contribution in [0.15, 0.2) is 45.2 Å². The predicted molar refractivity (Wildman–Crippen MR) is 103 cm³/mol. The molecular weight excluding hydrogens is 362 g/mol. The molecule has 0 amide bonds. The number of aryl methyl sites for hydroxylation is 2. The Kier molecular flexibility index (Phi) is 5.73. The standard InChI is InChI=1S/C21H23NO6/c1-5-13-7-9-17(27-13)21(18-10-8-14(6-2)28-18)15-11-19(25-3)20(26-4)12-16(15)22(23)24/h7-12,21H,5-6H2,1-4H3. The van der Waals surface area contributed by atoms with E-state index in [0.29, 0.717) is 28.6 Å². The van der Waals surface area contributed by atoms with Gasteiger partial charge in [0.1, 0.15) is 29.0 Å². The van der Waals surface area contributed by atoms with Crippen molar-refractivity contribution in [2.45, 2.75) is 32.6 Å². The zero-order valence-electron chi connectivity index (χ0n) is 16.4. The number of furan rings is 2. The molecule has 0 aliphatic carbocycles. The van der Waals surface area contributed by atoms with Gasteiger partial charge in [-0.2, -0.15) is 0 Å². The van der Waals surface area contributed by atoms with Crippen molar-refractivity contribution in [2.24, 2.45) is 0 Å². The summed E-state index contributed by atoms with van der Waals surface area (Å²) in [5, 5.41) is 11.8. The summed E-state index contributed by atoms with van der Waals surface area (Å²) in [6.45, 7) is 3.97. The number of hydrogen-bond donors (Lipinski definition) is 0. The fourth-order valence-corrected chi connectivity index (χ4v) is 3.20. The number of rotatable bonds is 8. The third kappa shape index (κ3) is 3.60. The third-order valence-electron chi connectivity index (χ3n) is 4.67. The van der Waals surface area contributed by atoms with Crippen molar-refractivity contribution in [1.29, 1.82) is 0 Å². The minimum Gasteiger partial charge on any atom is -0.493 e. The van der Waals surface area contributed by atoms with E-state index in [1.807, 2.05) is 38.1 Å². The summed E-state index contributed by atoms with van der Waals surface area (Å²) < 4.78 is 22.5. The quantitative estimate of drug-likeness (QED) is 0.396. The van der Waals surface area contributed by atoms with Gasteiger partial charge in [0.25, 0.3) is 5.69 Å². The van der Waals surface area contributed by atoms with Crippen molar-refractivity contribution in [1.82, 2.24) is 0 Å². The van der Waals surface area contributed by atoms with Crippen molar-refractivity contribution in [3.8, 4) is 11.5 Å². The third-order valence-corrected chi connectivity index (χ3v) is 4.67. The first-order valence-electron chi connectivity index (χ1n) is 9.09. The minimum atomic E-state index is -0.583. The number of methoxy groups -OCH3 is 2. The van der Waals surface area contributed by atoms with Crippen molar-refractivity contribution in [3.05, 3.63) is 75.1 Å². The van der Waals surface area contributed by atoms with Gasteiger partial charge < -0.3 is 18.3 Å². The molecule has 0 aliphatic heterocycles. The lowest BCUT2D eigenvalue weighted by atomic mass is 9.92. The number of nitro groups is 1. The maximum Gasteiger partial charge on any atom is 0.277 e. The summed E-state index contributed by atoms with van der Waals surface area (Å²) in [5.74, 6) is 2.85. The number of benzene rings is 1. The molecule has 0 bridgehead atoms. The molecule has 148 valence electrons. The summed E-state index contributed by atoms with van der Waals surface area (Å²) >= 11 is 0. The van der Waals surface area contributed by atoms with Crippen LogP contribution in [0.2, 0.25) is 0 Å². The molecule has 1 aromatic carbocycles. The second-order valence-corrected chi connectivity index (χ2v) is 6.27. The number of nitrogens with zero attached hydrogens (tertiary/aromatic N) is 1. The highest BCUT2D eigenvalue weighted by Gasteiger charge is 2.32. The maximum absolute atomic E-state index is 11.8. The van der Waals surface area contributed by atoms with Crippen molar-refractivity contribution >= 4 is 5.69 Å². The highest BCUT2D eigenvalue weighted by Crippen LogP contribution is 2.43. The maximum atomic E-state index is 11.8. The molecule has 3 aromatic rings. The van der Waals surface area contributed by atoms with Crippen LogP contribution in [0.25, 0.3) is 0 Å². The van der Waals surface area contributed by atoms with E-state index in [0.717, 1.165) is 24.4 Å². The minimum absolute atomic E-state index is 0.0912. The zero-order chi connectivity index (χ0) is 20.3. The lowest BCUT2D eigenvalue weighted by Crippen LogP contribution is -2.07. The Labute approximate surface area is 163 Å². The first-order valence-corrected chi connectivity index (χ1v) is 9.09. The smallest absolute Gasteiger partial charge is 0.277 e. The van der Waals surface area contributed by atoms with E-state index in [4.69, 9.17) is 18.3 Å². The normalized spacial score (nSPS) is 11.0. The van der Waals surface area contributed by atoms with Gasteiger partial charge in [-0.3, -0.25) is 10.1 Å². The average Bonchev–Trinajstić information content (AvgIpc) is 3.37. The second kappa shape index (κ2) is 8.21. The zero-order valence-corrected chi connectivity index (χ0v) is 16.4. The van der Waals surface area contributed by atoms with E-state index in [1.54, 1.807) is 6.07 Å². The van der Waals surface area contributed by atoms with E-state index >= 15 is 0 Å². The molecule has 0 aliphatic rings. The second-order valence-electron chi connectivity index (χ2n) is 6.27. The molecule has 2 aromatic heterocycles. The Morgan fingerprint density at radius 1 is 0.929 bits per heavy atom. The van der Waals surface area contributed by atoms with E-state index < -0.39 is 10.8 Å². The Morgan fingerprint density at radius 2 is 1.43 bits per heavy atom. The van der Waals surface area contributed by atoms with Crippen molar-refractivity contribution in [3.63, 3.8) is 0 Å². The molecule has 0 saturated heterocycles. The summed E-state index contributed by atoms with van der Waals surface area (Å²) in [4.78, 5) is 11.4. The van der Waals surface area contributed by atoms with Gasteiger partial charge in [0.05, 0.1) is 30.8 Å². The van der Waals surface area contributed by atoms with Gasteiger partial charge in [0, 0.05) is 12.8 Å². The first-order chi connectivity index (χ1) is 13.5. The molecule has 3 rings (SSSR count). The van der Waals surface area contributed by atoms with Crippen LogP contribution in [0.5, 0.6) is 11.5 Å². The van der Waals surface area contributed by atoms with E-state index in [-0.39, 0.29) is 5.69 Å². The summed E-state index contributed by atoms with van der Waals surface area (Å²) in [6.07, 6.45) is 1.44. The highest BCUT2D eigenvalue weighted by molar-refractivity contribution is 5.58. The molecule has 0 atom stereocenters. The van der Waals surface area contributed by atoms with Gasteiger partial charge in [-0.15, -0.1) is 0 Å². The van der Waals surface area contributed by atoms with Crippen LogP contribution in [0.1, 0.15) is 48.4 Å². The first kappa shape index (κ1) is 19.5. The number of hydrogen-bond acceptors (Lipinski definition) is 6.